The Morgan fingerprint density at radius 1 is 1.00 bits per heavy atom. The maximum atomic E-state index is 13.2. The van der Waals surface area contributed by atoms with Gasteiger partial charge in [0.2, 0.25) is 0 Å². The Kier molecular flexibility index (Phi) is 4.42. The number of hydrogen-bond donors (Lipinski definition) is 0. The molecule has 3 rings (SSSR count). The number of rotatable bonds is 5. The summed E-state index contributed by atoms with van der Waals surface area (Å²) in [4.78, 5) is 6.75. The van der Waals surface area contributed by atoms with Crippen molar-refractivity contribution < 1.29 is 4.39 Å². The Morgan fingerprint density at radius 2 is 1.74 bits per heavy atom. The zero-order valence-electron chi connectivity index (χ0n) is 13.4. The molecule has 4 heteroatoms. The molecule has 0 fully saturated rings. The van der Waals surface area contributed by atoms with Crippen molar-refractivity contribution in [1.29, 1.82) is 0 Å². The summed E-state index contributed by atoms with van der Waals surface area (Å²) < 4.78 is 14.9. The van der Waals surface area contributed by atoms with Crippen LogP contribution in [0.2, 0.25) is 0 Å². The van der Waals surface area contributed by atoms with Gasteiger partial charge >= 0.3 is 0 Å². The molecule has 0 unspecified atom stereocenters. The summed E-state index contributed by atoms with van der Waals surface area (Å²) in [6, 6.07) is 11.5. The Hall–Kier alpha value is -2.62. The topological polar surface area (TPSA) is 20.5 Å². The molecule has 0 aliphatic heterocycles. The van der Waals surface area contributed by atoms with Gasteiger partial charge in [0.15, 0.2) is 0 Å². The van der Waals surface area contributed by atoms with Crippen molar-refractivity contribution in [2.45, 2.75) is 13.8 Å². The molecule has 0 spiro atoms. The predicted molar refractivity (Wildman–Crippen MR) is 94.1 cm³/mol. The smallest absolute Gasteiger partial charge is 0.139 e. The molecule has 0 bridgehead atoms. The second-order valence-corrected chi connectivity index (χ2v) is 5.38. The van der Waals surface area contributed by atoms with E-state index in [0.29, 0.717) is 0 Å². The highest BCUT2D eigenvalue weighted by Gasteiger charge is 2.01. The van der Waals surface area contributed by atoms with Crippen molar-refractivity contribution >= 4 is 23.5 Å². The van der Waals surface area contributed by atoms with Crippen molar-refractivity contribution in [2.75, 3.05) is 18.0 Å². The highest BCUT2D eigenvalue weighted by Crippen LogP contribution is 2.17. The normalized spacial score (nSPS) is 11.4. The summed E-state index contributed by atoms with van der Waals surface area (Å²) in [7, 11) is 0. The third-order valence-corrected chi connectivity index (χ3v) is 3.90. The third kappa shape index (κ3) is 3.42. The van der Waals surface area contributed by atoms with E-state index in [2.05, 4.69) is 48.0 Å². The van der Waals surface area contributed by atoms with Crippen LogP contribution in [0.5, 0.6) is 0 Å². The van der Waals surface area contributed by atoms with Gasteiger partial charge in [-0.2, -0.15) is 0 Å². The van der Waals surface area contributed by atoms with E-state index in [9.17, 15) is 4.39 Å². The maximum Gasteiger partial charge on any atom is 0.139 e. The first-order valence-electron chi connectivity index (χ1n) is 7.87. The fourth-order valence-corrected chi connectivity index (χ4v) is 2.63. The lowest BCUT2D eigenvalue weighted by molar-refractivity contribution is 0.619. The minimum Gasteiger partial charge on any atom is -0.372 e. The van der Waals surface area contributed by atoms with E-state index in [0.717, 1.165) is 30.0 Å². The fraction of sp³-hybridized carbons (Fsp3) is 0.211. The summed E-state index contributed by atoms with van der Waals surface area (Å²) in [5.41, 5.74) is 3.89. The third-order valence-electron chi connectivity index (χ3n) is 3.90. The molecule has 1 aromatic carbocycles. The van der Waals surface area contributed by atoms with Crippen molar-refractivity contribution in [1.82, 2.24) is 9.38 Å². The SMILES string of the molecule is CCN(CC)c1ccc(C=Cc2cn3cc(F)ccc3n2)cc1. The van der Waals surface area contributed by atoms with Gasteiger partial charge in [-0.25, -0.2) is 9.37 Å². The number of nitrogens with zero attached hydrogens (tertiary/aromatic N) is 3. The van der Waals surface area contributed by atoms with Gasteiger partial charge in [0.25, 0.3) is 0 Å². The molecular formula is C19H20FN3. The van der Waals surface area contributed by atoms with E-state index in [1.807, 2.05) is 18.3 Å². The van der Waals surface area contributed by atoms with Crippen molar-refractivity contribution in [3.05, 3.63) is 65.9 Å². The lowest BCUT2D eigenvalue weighted by Crippen LogP contribution is -2.21. The second-order valence-electron chi connectivity index (χ2n) is 5.38. The van der Waals surface area contributed by atoms with Gasteiger partial charge in [-0.3, -0.25) is 0 Å². The first-order valence-corrected chi connectivity index (χ1v) is 7.87. The molecule has 3 nitrogen and oxygen atoms in total. The molecule has 118 valence electrons. The number of anilines is 1. The number of benzene rings is 1. The van der Waals surface area contributed by atoms with E-state index in [-0.39, 0.29) is 5.82 Å². The van der Waals surface area contributed by atoms with Gasteiger partial charge in [-0.05, 0) is 49.8 Å². The Balaban J connectivity index is 1.78. The van der Waals surface area contributed by atoms with Crippen LogP contribution >= 0.6 is 0 Å². The van der Waals surface area contributed by atoms with Crippen LogP contribution in [0.25, 0.3) is 17.8 Å². The van der Waals surface area contributed by atoms with Gasteiger partial charge in [-0.15, -0.1) is 0 Å². The Labute approximate surface area is 135 Å². The van der Waals surface area contributed by atoms with Crippen LogP contribution < -0.4 is 4.90 Å². The molecule has 0 saturated heterocycles. The van der Waals surface area contributed by atoms with Crippen LogP contribution in [-0.4, -0.2) is 22.5 Å². The lowest BCUT2D eigenvalue weighted by Gasteiger charge is -2.20. The number of pyridine rings is 1. The molecule has 0 amide bonds. The molecule has 2 heterocycles. The molecule has 0 radical (unpaired) electrons. The van der Waals surface area contributed by atoms with E-state index in [1.165, 1.54) is 18.0 Å². The standard InChI is InChI=1S/C19H20FN3/c1-3-22(4-2)18-10-6-15(7-11-18)5-9-17-14-23-13-16(20)8-12-19(23)21-17/h5-14H,3-4H2,1-2H3. The zero-order valence-corrected chi connectivity index (χ0v) is 13.4. The van der Waals surface area contributed by atoms with Crippen LogP contribution in [0.1, 0.15) is 25.1 Å². The van der Waals surface area contributed by atoms with E-state index >= 15 is 0 Å². The summed E-state index contributed by atoms with van der Waals surface area (Å²) in [5.74, 6) is -0.266. The molecule has 0 aliphatic carbocycles. The number of hydrogen-bond acceptors (Lipinski definition) is 2. The maximum absolute atomic E-state index is 13.2. The van der Waals surface area contributed by atoms with Crippen molar-refractivity contribution in [3.8, 4) is 0 Å². The number of fused-ring (bicyclic) bond motifs is 1. The number of halogens is 1. The monoisotopic (exact) mass is 309 g/mol. The van der Waals surface area contributed by atoms with Crippen LogP contribution in [-0.2, 0) is 0 Å². The molecular weight excluding hydrogens is 289 g/mol. The summed E-state index contributed by atoms with van der Waals surface area (Å²) in [6.45, 7) is 6.32. The summed E-state index contributed by atoms with van der Waals surface area (Å²) in [6.07, 6.45) is 7.21. The van der Waals surface area contributed by atoms with Gasteiger partial charge in [0, 0.05) is 31.2 Å². The highest BCUT2D eigenvalue weighted by molar-refractivity contribution is 5.70. The van der Waals surface area contributed by atoms with E-state index < -0.39 is 0 Å². The molecule has 0 aliphatic rings. The van der Waals surface area contributed by atoms with E-state index in [1.54, 1.807) is 10.5 Å². The average Bonchev–Trinajstić information content (AvgIpc) is 2.97. The lowest BCUT2D eigenvalue weighted by atomic mass is 10.1. The first kappa shape index (κ1) is 15.3. The zero-order chi connectivity index (χ0) is 16.2. The van der Waals surface area contributed by atoms with Gasteiger partial charge in [0.1, 0.15) is 11.5 Å². The molecule has 0 atom stereocenters. The van der Waals surface area contributed by atoms with Crippen molar-refractivity contribution in [2.24, 2.45) is 0 Å². The fourth-order valence-electron chi connectivity index (χ4n) is 2.63. The van der Waals surface area contributed by atoms with Crippen LogP contribution in [0.15, 0.2) is 48.8 Å². The van der Waals surface area contributed by atoms with Gasteiger partial charge in [0.05, 0.1) is 5.69 Å². The predicted octanol–water partition coefficient (Wildman–Crippen LogP) is 4.49. The molecule has 2 aromatic heterocycles. The van der Waals surface area contributed by atoms with Crippen molar-refractivity contribution in [3.63, 3.8) is 0 Å². The molecule has 0 saturated carbocycles. The summed E-state index contributed by atoms with van der Waals surface area (Å²) >= 11 is 0. The molecule has 3 aromatic rings. The van der Waals surface area contributed by atoms with Gasteiger partial charge in [-0.1, -0.05) is 18.2 Å². The minimum atomic E-state index is -0.266. The van der Waals surface area contributed by atoms with Crippen LogP contribution in [0.3, 0.4) is 0 Å². The Morgan fingerprint density at radius 3 is 2.43 bits per heavy atom. The summed E-state index contributed by atoms with van der Waals surface area (Å²) in [5, 5.41) is 0. The molecule has 23 heavy (non-hydrogen) atoms. The number of imidazole rings is 1. The van der Waals surface area contributed by atoms with Gasteiger partial charge < -0.3 is 9.30 Å². The largest absolute Gasteiger partial charge is 0.372 e. The molecule has 0 N–H and O–H groups in total. The minimum absolute atomic E-state index is 0.266. The quantitative estimate of drug-likeness (QED) is 0.692. The van der Waals surface area contributed by atoms with E-state index in [4.69, 9.17) is 0 Å². The van der Waals surface area contributed by atoms with Crippen LogP contribution in [0.4, 0.5) is 10.1 Å². The van der Waals surface area contributed by atoms with Crippen LogP contribution in [0, 0.1) is 5.82 Å². The first-order chi connectivity index (χ1) is 11.2. The second kappa shape index (κ2) is 6.65. The Bertz CT molecular complexity index is 814. The number of aromatic nitrogens is 2. The highest BCUT2D eigenvalue weighted by atomic mass is 19.1. The average molecular weight is 309 g/mol.